The van der Waals surface area contributed by atoms with Crippen LogP contribution in [-0.2, 0) is 16.1 Å². The Balaban J connectivity index is 2.57. The number of nitrogens with zero attached hydrogens (tertiary/aromatic N) is 4. The Bertz CT molecular complexity index is 349. The number of aliphatic carboxylic acids is 1. The highest BCUT2D eigenvalue weighted by atomic mass is 16.4. The molecule has 1 aromatic rings. The number of carboxylic acids is 1. The minimum Gasteiger partial charge on any atom is -0.480 e. The third kappa shape index (κ3) is 2.76. The van der Waals surface area contributed by atoms with E-state index in [4.69, 9.17) is 5.11 Å². The molecule has 0 saturated carbocycles. The van der Waals surface area contributed by atoms with E-state index in [0.29, 0.717) is 0 Å². The van der Waals surface area contributed by atoms with Gasteiger partial charge in [0.05, 0.1) is 0 Å². The average molecular weight is 212 g/mol. The first kappa shape index (κ1) is 11.2. The molecule has 82 valence electrons. The smallest absolute Gasteiger partial charge is 0.326 e. The maximum Gasteiger partial charge on any atom is 0.326 e. The van der Waals surface area contributed by atoms with Crippen molar-refractivity contribution >= 4 is 11.9 Å². The first-order chi connectivity index (χ1) is 7.02. The van der Waals surface area contributed by atoms with Gasteiger partial charge in [0.1, 0.15) is 25.2 Å². The van der Waals surface area contributed by atoms with Crippen LogP contribution in [0.25, 0.3) is 0 Å². The summed E-state index contributed by atoms with van der Waals surface area (Å²) >= 11 is 0. The van der Waals surface area contributed by atoms with Crippen molar-refractivity contribution in [1.29, 1.82) is 0 Å². The number of hydrogen-bond acceptors (Lipinski definition) is 4. The van der Waals surface area contributed by atoms with Crippen LogP contribution in [0.15, 0.2) is 12.7 Å². The standard InChI is InChI=1S/C8H12N4O3/c1-6(8(14)15)11(2)7(13)3-12-5-9-4-10-12/h4-6H,3H2,1-2H3,(H,14,15). The molecular formula is C8H12N4O3. The summed E-state index contributed by atoms with van der Waals surface area (Å²) in [6.07, 6.45) is 2.71. The van der Waals surface area contributed by atoms with Crippen LogP contribution in [0.4, 0.5) is 0 Å². The molecule has 7 nitrogen and oxygen atoms in total. The number of carbonyl (C=O) groups is 2. The molecule has 1 heterocycles. The van der Waals surface area contributed by atoms with Gasteiger partial charge in [-0.05, 0) is 6.92 Å². The lowest BCUT2D eigenvalue weighted by Crippen LogP contribution is -2.41. The SMILES string of the molecule is CC(C(=O)O)N(C)C(=O)Cn1cncn1. The normalized spacial score (nSPS) is 12.1. The summed E-state index contributed by atoms with van der Waals surface area (Å²) in [6.45, 7) is 1.44. The maximum atomic E-state index is 11.5. The molecule has 1 aromatic heterocycles. The van der Waals surface area contributed by atoms with E-state index in [-0.39, 0.29) is 12.5 Å². The van der Waals surface area contributed by atoms with Crippen molar-refractivity contribution in [1.82, 2.24) is 19.7 Å². The number of rotatable bonds is 4. The molecule has 0 aliphatic rings. The van der Waals surface area contributed by atoms with Gasteiger partial charge >= 0.3 is 5.97 Å². The third-order valence-corrected chi connectivity index (χ3v) is 2.10. The molecule has 0 radical (unpaired) electrons. The van der Waals surface area contributed by atoms with Crippen molar-refractivity contribution in [3.8, 4) is 0 Å². The summed E-state index contributed by atoms with van der Waals surface area (Å²) in [6, 6.07) is -0.846. The lowest BCUT2D eigenvalue weighted by atomic mass is 10.3. The van der Waals surface area contributed by atoms with E-state index >= 15 is 0 Å². The van der Waals surface area contributed by atoms with E-state index in [9.17, 15) is 9.59 Å². The van der Waals surface area contributed by atoms with Crippen LogP contribution in [0.3, 0.4) is 0 Å². The van der Waals surface area contributed by atoms with Crippen LogP contribution in [0.1, 0.15) is 6.92 Å². The minimum atomic E-state index is -1.04. The summed E-state index contributed by atoms with van der Waals surface area (Å²) in [4.78, 5) is 27.0. The van der Waals surface area contributed by atoms with Gasteiger partial charge in [-0.3, -0.25) is 4.79 Å². The van der Waals surface area contributed by atoms with E-state index < -0.39 is 12.0 Å². The predicted octanol–water partition coefficient (Wildman–Crippen LogP) is -0.790. The van der Waals surface area contributed by atoms with E-state index in [2.05, 4.69) is 10.1 Å². The topological polar surface area (TPSA) is 88.3 Å². The molecule has 0 aliphatic heterocycles. The quantitative estimate of drug-likeness (QED) is 0.706. The highest BCUT2D eigenvalue weighted by Gasteiger charge is 2.21. The van der Waals surface area contributed by atoms with Gasteiger partial charge in [0.15, 0.2) is 0 Å². The molecule has 0 aromatic carbocycles. The largest absolute Gasteiger partial charge is 0.480 e. The molecule has 7 heteroatoms. The van der Waals surface area contributed by atoms with Crippen molar-refractivity contribution in [2.45, 2.75) is 19.5 Å². The van der Waals surface area contributed by atoms with Crippen molar-refractivity contribution < 1.29 is 14.7 Å². The Morgan fingerprint density at radius 2 is 2.27 bits per heavy atom. The minimum absolute atomic E-state index is 0.00583. The third-order valence-electron chi connectivity index (χ3n) is 2.10. The van der Waals surface area contributed by atoms with Gasteiger partial charge < -0.3 is 10.0 Å². The number of amides is 1. The number of carbonyl (C=O) groups excluding carboxylic acids is 1. The second kappa shape index (κ2) is 4.54. The molecule has 1 atom stereocenters. The summed E-state index contributed by atoms with van der Waals surface area (Å²) in [5.74, 6) is -1.36. The predicted molar refractivity (Wildman–Crippen MR) is 49.9 cm³/mol. The molecule has 1 N–H and O–H groups in total. The van der Waals surface area contributed by atoms with Gasteiger partial charge in [-0.1, -0.05) is 0 Å². The Hall–Kier alpha value is -1.92. The zero-order valence-electron chi connectivity index (χ0n) is 8.49. The van der Waals surface area contributed by atoms with Crippen LogP contribution in [0.2, 0.25) is 0 Å². The van der Waals surface area contributed by atoms with Gasteiger partial charge in [-0.15, -0.1) is 0 Å². The number of hydrogen-bond donors (Lipinski definition) is 1. The van der Waals surface area contributed by atoms with Gasteiger partial charge in [0.2, 0.25) is 5.91 Å². The summed E-state index contributed by atoms with van der Waals surface area (Å²) in [5.41, 5.74) is 0. The number of likely N-dealkylation sites (N-methyl/N-ethyl adjacent to an activating group) is 1. The Labute approximate surface area is 86.3 Å². The second-order valence-corrected chi connectivity index (χ2v) is 3.11. The number of aromatic nitrogens is 3. The van der Waals surface area contributed by atoms with Gasteiger partial charge in [-0.25, -0.2) is 14.5 Å². The lowest BCUT2D eigenvalue weighted by molar-refractivity contribution is -0.148. The van der Waals surface area contributed by atoms with E-state index in [0.717, 1.165) is 4.90 Å². The molecule has 1 unspecified atom stereocenters. The van der Waals surface area contributed by atoms with Crippen molar-refractivity contribution in [3.05, 3.63) is 12.7 Å². The van der Waals surface area contributed by atoms with E-state index in [1.807, 2.05) is 0 Å². The van der Waals surface area contributed by atoms with E-state index in [1.54, 1.807) is 0 Å². The molecule has 0 bridgehead atoms. The Morgan fingerprint density at radius 3 is 2.73 bits per heavy atom. The van der Waals surface area contributed by atoms with Crippen molar-refractivity contribution in [3.63, 3.8) is 0 Å². The van der Waals surface area contributed by atoms with Crippen LogP contribution < -0.4 is 0 Å². The summed E-state index contributed by atoms with van der Waals surface area (Å²) in [5, 5.41) is 12.5. The molecule has 0 spiro atoms. The van der Waals surface area contributed by atoms with Crippen LogP contribution in [0.5, 0.6) is 0 Å². The van der Waals surface area contributed by atoms with Gasteiger partial charge in [-0.2, -0.15) is 5.10 Å². The van der Waals surface area contributed by atoms with Crippen molar-refractivity contribution in [2.75, 3.05) is 7.05 Å². The fraction of sp³-hybridized carbons (Fsp3) is 0.500. The molecule has 0 aliphatic carbocycles. The monoisotopic (exact) mass is 212 g/mol. The molecule has 0 saturated heterocycles. The fourth-order valence-electron chi connectivity index (χ4n) is 0.946. The van der Waals surface area contributed by atoms with Crippen LogP contribution in [0, 0.1) is 0 Å². The molecule has 1 rings (SSSR count). The molecule has 0 fully saturated rings. The molecular weight excluding hydrogens is 200 g/mol. The molecule has 1 amide bonds. The Morgan fingerprint density at radius 1 is 1.60 bits per heavy atom. The maximum absolute atomic E-state index is 11.5. The second-order valence-electron chi connectivity index (χ2n) is 3.11. The highest BCUT2D eigenvalue weighted by molar-refractivity contribution is 5.82. The van der Waals surface area contributed by atoms with Gasteiger partial charge in [0, 0.05) is 7.05 Å². The van der Waals surface area contributed by atoms with Crippen LogP contribution >= 0.6 is 0 Å². The lowest BCUT2D eigenvalue weighted by Gasteiger charge is -2.21. The molecule has 15 heavy (non-hydrogen) atoms. The van der Waals surface area contributed by atoms with Gasteiger partial charge in [0.25, 0.3) is 0 Å². The van der Waals surface area contributed by atoms with Crippen LogP contribution in [-0.4, -0.2) is 49.7 Å². The number of carboxylic acid groups (broad SMARTS) is 1. The summed E-state index contributed by atoms with van der Waals surface area (Å²) in [7, 11) is 1.44. The first-order valence-electron chi connectivity index (χ1n) is 4.33. The Kier molecular flexibility index (Phi) is 3.37. The highest BCUT2D eigenvalue weighted by Crippen LogP contribution is 1.97. The first-order valence-corrected chi connectivity index (χ1v) is 4.33. The van der Waals surface area contributed by atoms with Crippen molar-refractivity contribution in [2.24, 2.45) is 0 Å². The van der Waals surface area contributed by atoms with E-state index in [1.165, 1.54) is 31.3 Å². The zero-order chi connectivity index (χ0) is 11.4. The summed E-state index contributed by atoms with van der Waals surface area (Å²) < 4.78 is 1.34. The fourth-order valence-corrected chi connectivity index (χ4v) is 0.946. The zero-order valence-corrected chi connectivity index (χ0v) is 8.49. The average Bonchev–Trinajstić information content (AvgIpc) is 2.67.